The van der Waals surface area contributed by atoms with E-state index in [-0.39, 0.29) is 22.5 Å². The molecule has 7 heteroatoms. The number of esters is 1. The third-order valence-corrected chi connectivity index (χ3v) is 3.81. The highest BCUT2D eigenvalue weighted by atomic mass is 35.5. The molecule has 2 heterocycles. The van der Waals surface area contributed by atoms with Gasteiger partial charge in [0.15, 0.2) is 5.15 Å². The van der Waals surface area contributed by atoms with Gasteiger partial charge in [-0.2, -0.15) is 12.6 Å². The Hall–Kier alpha value is -1.27. The molecule has 19 heavy (non-hydrogen) atoms. The van der Waals surface area contributed by atoms with Gasteiger partial charge < -0.3 is 9.64 Å². The first-order valence-corrected chi connectivity index (χ1v) is 6.73. The number of amides is 1. The molecular weight excluding hydrogens is 288 g/mol. The fourth-order valence-electron chi connectivity index (χ4n) is 2.08. The van der Waals surface area contributed by atoms with Crippen LogP contribution in [-0.4, -0.2) is 36.3 Å². The van der Waals surface area contributed by atoms with Crippen LogP contribution in [0.2, 0.25) is 5.15 Å². The standard InChI is InChI=1S/C12H13ClN2O3S/c1-18-12(17)8-2-3-14-11(13)10(8)15-5-7(6-19)4-9(15)16/h2-3,7,19H,4-6H2,1H3. The van der Waals surface area contributed by atoms with E-state index in [9.17, 15) is 9.59 Å². The Bertz CT molecular complexity index is 524. The van der Waals surface area contributed by atoms with Gasteiger partial charge in [-0.25, -0.2) is 9.78 Å². The van der Waals surface area contributed by atoms with Gasteiger partial charge in [-0.3, -0.25) is 4.79 Å². The first-order chi connectivity index (χ1) is 9.08. The van der Waals surface area contributed by atoms with Gasteiger partial charge in [-0.1, -0.05) is 11.6 Å². The van der Waals surface area contributed by atoms with E-state index in [0.717, 1.165) is 0 Å². The van der Waals surface area contributed by atoms with Crippen molar-refractivity contribution in [1.82, 2.24) is 4.98 Å². The fraction of sp³-hybridized carbons (Fsp3) is 0.417. The van der Waals surface area contributed by atoms with Gasteiger partial charge in [0.1, 0.15) is 0 Å². The van der Waals surface area contributed by atoms with Crippen molar-refractivity contribution in [3.63, 3.8) is 0 Å². The van der Waals surface area contributed by atoms with E-state index in [4.69, 9.17) is 16.3 Å². The van der Waals surface area contributed by atoms with Crippen molar-refractivity contribution in [2.24, 2.45) is 5.92 Å². The van der Waals surface area contributed by atoms with Gasteiger partial charge in [-0.15, -0.1) is 0 Å². The highest BCUT2D eigenvalue weighted by molar-refractivity contribution is 7.80. The van der Waals surface area contributed by atoms with Gasteiger partial charge in [0, 0.05) is 19.2 Å². The average Bonchev–Trinajstić information content (AvgIpc) is 2.78. The zero-order chi connectivity index (χ0) is 14.0. The number of hydrogen-bond acceptors (Lipinski definition) is 5. The van der Waals surface area contributed by atoms with Crippen molar-refractivity contribution in [3.8, 4) is 0 Å². The van der Waals surface area contributed by atoms with Crippen LogP contribution in [0.5, 0.6) is 0 Å². The van der Waals surface area contributed by atoms with Crippen LogP contribution < -0.4 is 4.90 Å². The number of anilines is 1. The Balaban J connectivity index is 2.44. The van der Waals surface area contributed by atoms with Crippen LogP contribution in [0.25, 0.3) is 0 Å². The molecule has 2 rings (SSSR count). The summed E-state index contributed by atoms with van der Waals surface area (Å²) in [4.78, 5) is 29.2. The quantitative estimate of drug-likeness (QED) is 0.525. The Morgan fingerprint density at radius 1 is 1.68 bits per heavy atom. The predicted molar refractivity (Wildman–Crippen MR) is 74.9 cm³/mol. The second-order valence-corrected chi connectivity index (χ2v) is 4.97. The normalized spacial score (nSPS) is 18.8. The molecule has 1 unspecified atom stereocenters. The highest BCUT2D eigenvalue weighted by Gasteiger charge is 2.33. The maximum absolute atomic E-state index is 12.0. The number of carbonyl (C=O) groups excluding carboxylic acids is 2. The van der Waals surface area contributed by atoms with E-state index in [2.05, 4.69) is 17.6 Å². The SMILES string of the molecule is COC(=O)c1ccnc(Cl)c1N1CC(CS)CC1=O. The summed E-state index contributed by atoms with van der Waals surface area (Å²) in [5.41, 5.74) is 0.570. The first-order valence-electron chi connectivity index (χ1n) is 5.72. The number of nitrogens with zero attached hydrogens (tertiary/aromatic N) is 2. The summed E-state index contributed by atoms with van der Waals surface area (Å²) < 4.78 is 4.70. The zero-order valence-electron chi connectivity index (χ0n) is 10.3. The topological polar surface area (TPSA) is 59.5 Å². The third-order valence-electron chi connectivity index (χ3n) is 3.02. The maximum atomic E-state index is 12.0. The van der Waals surface area contributed by atoms with Crippen LogP contribution in [0.1, 0.15) is 16.8 Å². The average molecular weight is 301 g/mol. The number of methoxy groups -OCH3 is 1. The first kappa shape index (κ1) is 14.1. The van der Waals surface area contributed by atoms with Gasteiger partial charge in [-0.05, 0) is 17.7 Å². The third kappa shape index (κ3) is 2.69. The second kappa shape index (κ2) is 5.79. The minimum Gasteiger partial charge on any atom is -0.465 e. The van der Waals surface area contributed by atoms with E-state index in [1.807, 2.05) is 0 Å². The smallest absolute Gasteiger partial charge is 0.340 e. The Kier molecular flexibility index (Phi) is 4.31. The van der Waals surface area contributed by atoms with Crippen LogP contribution in [0.15, 0.2) is 12.3 Å². The summed E-state index contributed by atoms with van der Waals surface area (Å²) in [7, 11) is 1.28. The minimum atomic E-state index is -0.540. The molecule has 1 fully saturated rings. The zero-order valence-corrected chi connectivity index (χ0v) is 11.9. The number of carbonyl (C=O) groups is 2. The van der Waals surface area contributed by atoms with Crippen molar-refractivity contribution >= 4 is 41.8 Å². The number of pyridine rings is 1. The molecule has 0 N–H and O–H groups in total. The Morgan fingerprint density at radius 3 is 3.00 bits per heavy atom. The molecule has 1 aromatic heterocycles. The molecule has 1 amide bonds. The van der Waals surface area contributed by atoms with Crippen molar-refractivity contribution < 1.29 is 14.3 Å². The lowest BCUT2D eigenvalue weighted by atomic mass is 10.1. The number of hydrogen-bond donors (Lipinski definition) is 1. The van der Waals surface area contributed by atoms with E-state index in [0.29, 0.717) is 24.4 Å². The van der Waals surface area contributed by atoms with E-state index in [1.165, 1.54) is 24.3 Å². The number of rotatable bonds is 3. The molecule has 0 aliphatic carbocycles. The van der Waals surface area contributed by atoms with Gasteiger partial charge >= 0.3 is 5.97 Å². The summed E-state index contributed by atoms with van der Waals surface area (Å²) in [6.07, 6.45) is 1.81. The number of thiol groups is 1. The monoisotopic (exact) mass is 300 g/mol. The molecule has 0 spiro atoms. The van der Waals surface area contributed by atoms with Crippen LogP contribution in [0.3, 0.4) is 0 Å². The molecule has 0 radical (unpaired) electrons. The predicted octanol–water partition coefficient (Wildman–Crippen LogP) is 1.80. The fourth-order valence-corrected chi connectivity index (χ4v) is 2.58. The lowest BCUT2D eigenvalue weighted by molar-refractivity contribution is -0.117. The molecule has 1 saturated heterocycles. The van der Waals surface area contributed by atoms with Gasteiger partial charge in [0.2, 0.25) is 5.91 Å². The van der Waals surface area contributed by atoms with Gasteiger partial charge in [0.25, 0.3) is 0 Å². The molecule has 0 saturated carbocycles. The summed E-state index contributed by atoms with van der Waals surface area (Å²) in [6, 6.07) is 1.49. The summed E-state index contributed by atoms with van der Waals surface area (Å²) in [5.74, 6) is 0.131. The highest BCUT2D eigenvalue weighted by Crippen LogP contribution is 2.33. The van der Waals surface area contributed by atoms with Crippen molar-refractivity contribution in [2.45, 2.75) is 6.42 Å². The second-order valence-electron chi connectivity index (χ2n) is 4.25. The summed E-state index contributed by atoms with van der Waals surface area (Å²) in [5, 5.41) is 0.121. The molecule has 0 bridgehead atoms. The van der Waals surface area contributed by atoms with Crippen molar-refractivity contribution in [1.29, 1.82) is 0 Å². The van der Waals surface area contributed by atoms with Crippen molar-refractivity contribution in [2.75, 3.05) is 24.3 Å². The van der Waals surface area contributed by atoms with Crippen LogP contribution in [-0.2, 0) is 9.53 Å². The largest absolute Gasteiger partial charge is 0.465 e. The summed E-state index contributed by atoms with van der Waals surface area (Å²) >= 11 is 10.2. The molecule has 1 atom stereocenters. The number of aromatic nitrogens is 1. The Morgan fingerprint density at radius 2 is 2.42 bits per heavy atom. The lowest BCUT2D eigenvalue weighted by Crippen LogP contribution is -2.27. The summed E-state index contributed by atoms with van der Waals surface area (Å²) in [6.45, 7) is 0.484. The molecule has 102 valence electrons. The Labute approximate surface area is 121 Å². The van der Waals surface area contributed by atoms with Crippen LogP contribution in [0.4, 0.5) is 5.69 Å². The molecule has 1 aliphatic heterocycles. The minimum absolute atomic E-state index is 0.0842. The molecular formula is C12H13ClN2O3S. The van der Waals surface area contributed by atoms with E-state index < -0.39 is 5.97 Å². The van der Waals surface area contributed by atoms with Crippen LogP contribution >= 0.6 is 24.2 Å². The molecule has 5 nitrogen and oxygen atoms in total. The van der Waals surface area contributed by atoms with Crippen LogP contribution in [0, 0.1) is 5.92 Å². The van der Waals surface area contributed by atoms with E-state index >= 15 is 0 Å². The van der Waals surface area contributed by atoms with Crippen molar-refractivity contribution in [3.05, 3.63) is 23.0 Å². The molecule has 1 aromatic rings. The van der Waals surface area contributed by atoms with E-state index in [1.54, 1.807) is 0 Å². The lowest BCUT2D eigenvalue weighted by Gasteiger charge is -2.20. The number of halogens is 1. The number of ether oxygens (including phenoxy) is 1. The van der Waals surface area contributed by atoms with Gasteiger partial charge in [0.05, 0.1) is 18.4 Å². The maximum Gasteiger partial charge on any atom is 0.340 e. The molecule has 1 aliphatic rings. The molecule has 0 aromatic carbocycles.